The molecule has 2 heteroatoms. The third-order valence-electron chi connectivity index (χ3n) is 11.6. The Balaban J connectivity index is 1.17. The molecule has 8 aromatic carbocycles. The molecule has 0 bridgehead atoms. The maximum absolute atomic E-state index is 6.44. The van der Waals surface area contributed by atoms with Crippen LogP contribution >= 0.6 is 0 Å². The van der Waals surface area contributed by atoms with Crippen molar-refractivity contribution in [1.29, 1.82) is 0 Å². The van der Waals surface area contributed by atoms with Gasteiger partial charge in [-0.2, -0.15) is 0 Å². The van der Waals surface area contributed by atoms with E-state index < -0.39 is 0 Å². The van der Waals surface area contributed by atoms with E-state index in [0.717, 1.165) is 39.0 Å². The normalized spacial score (nSPS) is 13.1. The molecule has 0 saturated heterocycles. The second kappa shape index (κ2) is 12.4. The highest BCUT2D eigenvalue weighted by atomic mass is 16.3. The van der Waals surface area contributed by atoms with Gasteiger partial charge in [0.15, 0.2) is 0 Å². The first-order valence-corrected chi connectivity index (χ1v) is 19.0. The summed E-state index contributed by atoms with van der Waals surface area (Å²) in [6, 6.07) is 62.0. The average molecular weight is 696 g/mol. The molecule has 0 spiro atoms. The maximum atomic E-state index is 6.44. The summed E-state index contributed by atoms with van der Waals surface area (Å²) in [4.78, 5) is 2.43. The molecule has 0 atom stereocenters. The van der Waals surface area contributed by atoms with Crippen molar-refractivity contribution in [3.05, 3.63) is 187 Å². The molecule has 0 unspecified atom stereocenters. The molecule has 0 N–H and O–H groups in total. The Bertz CT molecular complexity index is 2880. The minimum atomic E-state index is -0.140. The fraction of sp³-hybridized carbons (Fsp3) is 0.115. The molecular weight excluding hydrogens is 655 g/mol. The first kappa shape index (κ1) is 32.3. The van der Waals surface area contributed by atoms with Crippen LogP contribution in [0.2, 0.25) is 0 Å². The van der Waals surface area contributed by atoms with Crippen molar-refractivity contribution in [2.45, 2.75) is 39.0 Å². The highest BCUT2D eigenvalue weighted by molar-refractivity contribution is 6.13. The predicted molar refractivity (Wildman–Crippen MR) is 228 cm³/mol. The second-order valence-corrected chi connectivity index (χ2v) is 15.5. The van der Waals surface area contributed by atoms with Gasteiger partial charge < -0.3 is 9.32 Å². The Morgan fingerprint density at radius 1 is 0.500 bits per heavy atom. The Kier molecular flexibility index (Phi) is 7.39. The standard InChI is InChI=1S/C52H41NO/c1-33(2)40-19-12-20-45-50(40)41-29-28-39(32-46(41)52(45,3)4)53(47-21-13-23-49-51(47)42-18-10-11-22-48(42)54-49)38-26-24-35(25-27-38)44-31-37-17-9-8-16-36(37)30-43(44)34-14-6-5-7-15-34/h5-33H,1-4H3. The number of furan rings is 1. The number of fused-ring (bicyclic) bond motifs is 7. The molecule has 0 aliphatic heterocycles. The lowest BCUT2D eigenvalue weighted by Crippen LogP contribution is -2.16. The molecule has 2 nitrogen and oxygen atoms in total. The van der Waals surface area contributed by atoms with Gasteiger partial charge in [0.1, 0.15) is 11.2 Å². The summed E-state index contributed by atoms with van der Waals surface area (Å²) in [5.74, 6) is 0.438. The molecule has 1 aliphatic rings. The molecule has 54 heavy (non-hydrogen) atoms. The SMILES string of the molecule is CC(C)c1cccc2c1-c1ccc(N(c3ccc(-c4cc5ccccc5cc4-c4ccccc4)cc3)c3cccc4oc5ccccc5c34)cc1C2(C)C. The largest absolute Gasteiger partial charge is 0.456 e. The van der Waals surface area contributed by atoms with E-state index in [1.54, 1.807) is 0 Å². The number of para-hydroxylation sites is 1. The summed E-state index contributed by atoms with van der Waals surface area (Å²) >= 11 is 0. The van der Waals surface area contributed by atoms with E-state index in [0.29, 0.717) is 5.92 Å². The van der Waals surface area contributed by atoms with Crippen LogP contribution in [-0.4, -0.2) is 0 Å². The van der Waals surface area contributed by atoms with Crippen LogP contribution in [0, 0.1) is 0 Å². The monoisotopic (exact) mass is 695 g/mol. The first-order valence-electron chi connectivity index (χ1n) is 19.0. The van der Waals surface area contributed by atoms with E-state index >= 15 is 0 Å². The Morgan fingerprint density at radius 3 is 1.87 bits per heavy atom. The van der Waals surface area contributed by atoms with Crippen molar-refractivity contribution in [3.63, 3.8) is 0 Å². The van der Waals surface area contributed by atoms with Gasteiger partial charge in [-0.3, -0.25) is 0 Å². The zero-order chi connectivity index (χ0) is 36.6. The molecular formula is C52H41NO. The zero-order valence-electron chi connectivity index (χ0n) is 31.1. The number of hydrogen-bond acceptors (Lipinski definition) is 2. The summed E-state index contributed by atoms with van der Waals surface area (Å²) in [6.45, 7) is 9.36. The summed E-state index contributed by atoms with van der Waals surface area (Å²) < 4.78 is 6.44. The summed E-state index contributed by atoms with van der Waals surface area (Å²) in [6.07, 6.45) is 0. The lowest BCUT2D eigenvalue weighted by molar-refractivity contribution is 0.659. The highest BCUT2D eigenvalue weighted by Crippen LogP contribution is 2.53. The number of anilines is 3. The molecule has 1 aliphatic carbocycles. The Morgan fingerprint density at radius 2 is 1.13 bits per heavy atom. The molecule has 0 radical (unpaired) electrons. The third-order valence-corrected chi connectivity index (χ3v) is 11.6. The van der Waals surface area contributed by atoms with E-state index in [9.17, 15) is 0 Å². The van der Waals surface area contributed by atoms with Crippen LogP contribution in [-0.2, 0) is 5.41 Å². The van der Waals surface area contributed by atoms with E-state index in [1.165, 1.54) is 60.8 Å². The van der Waals surface area contributed by atoms with Crippen molar-refractivity contribution >= 4 is 49.8 Å². The highest BCUT2D eigenvalue weighted by Gasteiger charge is 2.37. The van der Waals surface area contributed by atoms with Crippen LogP contribution in [0.4, 0.5) is 17.1 Å². The summed E-state index contributed by atoms with van der Waals surface area (Å²) in [5.41, 5.74) is 16.7. The summed E-state index contributed by atoms with van der Waals surface area (Å²) in [7, 11) is 0. The minimum Gasteiger partial charge on any atom is -0.456 e. The van der Waals surface area contributed by atoms with Gasteiger partial charge >= 0.3 is 0 Å². The van der Waals surface area contributed by atoms with Crippen LogP contribution in [0.1, 0.15) is 50.3 Å². The fourth-order valence-electron chi connectivity index (χ4n) is 8.92. The maximum Gasteiger partial charge on any atom is 0.137 e. The van der Waals surface area contributed by atoms with Crippen molar-refractivity contribution in [1.82, 2.24) is 0 Å². The van der Waals surface area contributed by atoms with Crippen LogP contribution < -0.4 is 4.90 Å². The molecule has 9 aromatic rings. The molecule has 0 amide bonds. The lowest BCUT2D eigenvalue weighted by Gasteiger charge is -2.29. The Labute approximate surface area is 316 Å². The van der Waals surface area contributed by atoms with Gasteiger partial charge in [-0.15, -0.1) is 0 Å². The van der Waals surface area contributed by atoms with Crippen LogP contribution in [0.5, 0.6) is 0 Å². The average Bonchev–Trinajstić information content (AvgIpc) is 3.70. The van der Waals surface area contributed by atoms with Crippen molar-refractivity contribution < 1.29 is 4.42 Å². The molecule has 260 valence electrons. The van der Waals surface area contributed by atoms with Crippen LogP contribution in [0.25, 0.3) is 66.1 Å². The van der Waals surface area contributed by atoms with Gasteiger partial charge in [0.2, 0.25) is 0 Å². The van der Waals surface area contributed by atoms with E-state index in [-0.39, 0.29) is 5.41 Å². The van der Waals surface area contributed by atoms with Gasteiger partial charge in [0.25, 0.3) is 0 Å². The van der Waals surface area contributed by atoms with Gasteiger partial charge in [0, 0.05) is 22.2 Å². The van der Waals surface area contributed by atoms with Gasteiger partial charge in [-0.05, 0) is 121 Å². The van der Waals surface area contributed by atoms with Crippen molar-refractivity contribution in [2.75, 3.05) is 4.90 Å². The molecule has 0 saturated carbocycles. The van der Waals surface area contributed by atoms with Crippen molar-refractivity contribution in [3.8, 4) is 33.4 Å². The summed E-state index contributed by atoms with van der Waals surface area (Å²) in [5, 5.41) is 4.70. The first-order chi connectivity index (χ1) is 26.4. The lowest BCUT2D eigenvalue weighted by atomic mass is 9.81. The third kappa shape index (κ3) is 5.01. The Hall–Kier alpha value is -6.38. The fourth-order valence-corrected chi connectivity index (χ4v) is 8.92. The van der Waals surface area contributed by atoms with Crippen molar-refractivity contribution in [2.24, 2.45) is 0 Å². The zero-order valence-corrected chi connectivity index (χ0v) is 31.1. The van der Waals surface area contributed by atoms with E-state index in [4.69, 9.17) is 4.42 Å². The number of rotatable bonds is 6. The van der Waals surface area contributed by atoms with Gasteiger partial charge in [-0.1, -0.05) is 143 Å². The topological polar surface area (TPSA) is 16.4 Å². The van der Waals surface area contributed by atoms with E-state index in [2.05, 4.69) is 196 Å². The minimum absolute atomic E-state index is 0.140. The van der Waals surface area contributed by atoms with Crippen LogP contribution in [0.3, 0.4) is 0 Å². The molecule has 1 heterocycles. The number of benzene rings is 8. The van der Waals surface area contributed by atoms with Gasteiger partial charge in [-0.25, -0.2) is 0 Å². The number of nitrogens with zero attached hydrogens (tertiary/aromatic N) is 1. The molecule has 10 rings (SSSR count). The van der Waals surface area contributed by atoms with E-state index in [1.807, 2.05) is 6.07 Å². The van der Waals surface area contributed by atoms with Crippen LogP contribution in [0.15, 0.2) is 174 Å². The number of hydrogen-bond donors (Lipinski definition) is 0. The smallest absolute Gasteiger partial charge is 0.137 e. The molecule has 1 aromatic heterocycles. The second-order valence-electron chi connectivity index (χ2n) is 15.5. The van der Waals surface area contributed by atoms with Gasteiger partial charge in [0.05, 0.1) is 11.1 Å². The molecule has 0 fully saturated rings. The quantitative estimate of drug-likeness (QED) is 0.172. The predicted octanol–water partition coefficient (Wildman–Crippen LogP) is 15.0.